The van der Waals surface area contributed by atoms with Crippen LogP contribution in [-0.2, 0) is 0 Å². The van der Waals surface area contributed by atoms with E-state index in [0.29, 0.717) is 0 Å². The molecule has 12 heteroatoms. The molecule has 0 atom stereocenters. The Hall–Kier alpha value is -4.22. The van der Waals surface area contributed by atoms with Crippen LogP contribution < -0.4 is 11.5 Å². The summed E-state index contributed by atoms with van der Waals surface area (Å²) >= 11 is 0. The van der Waals surface area contributed by atoms with Crippen molar-refractivity contribution in [2.45, 2.75) is 0 Å². The number of allylic oxidation sites excluding steroid dienone is 2. The van der Waals surface area contributed by atoms with E-state index in [9.17, 15) is 20.2 Å². The molecule has 0 fully saturated rings. The van der Waals surface area contributed by atoms with Gasteiger partial charge in [0.2, 0.25) is 5.96 Å². The Morgan fingerprint density at radius 3 is 1.69 bits per heavy atom. The molecule has 4 N–H and O–H groups in total. The molecule has 0 bridgehead atoms. The minimum Gasteiger partial charge on any atom is -0.401 e. The second-order valence-electron chi connectivity index (χ2n) is 4.58. The number of guanidine groups is 1. The fourth-order valence-electron chi connectivity index (χ4n) is 1.63. The Bertz CT molecular complexity index is 867. The van der Waals surface area contributed by atoms with Crippen LogP contribution in [0.1, 0.15) is 11.5 Å². The molecule has 0 amide bonds. The van der Waals surface area contributed by atoms with E-state index in [-0.39, 0.29) is 23.2 Å². The molecule has 134 valence electrons. The van der Waals surface area contributed by atoms with Crippen LogP contribution in [0.4, 0.5) is 11.8 Å². The Balaban J connectivity index is 2.22. The van der Waals surface area contributed by atoms with Crippen LogP contribution in [0.15, 0.2) is 55.5 Å². The second-order valence-corrected chi connectivity index (χ2v) is 4.58. The van der Waals surface area contributed by atoms with Crippen molar-refractivity contribution < 1.29 is 18.7 Å². The molecule has 0 spiro atoms. The van der Waals surface area contributed by atoms with Crippen molar-refractivity contribution in [3.8, 4) is 0 Å². The van der Waals surface area contributed by atoms with E-state index < -0.39 is 21.6 Å². The van der Waals surface area contributed by atoms with Gasteiger partial charge in [-0.25, -0.2) is 0 Å². The molecule has 0 aliphatic carbocycles. The third kappa shape index (κ3) is 5.16. The number of furan rings is 2. The lowest BCUT2D eigenvalue weighted by molar-refractivity contribution is -0.402. The van der Waals surface area contributed by atoms with Crippen molar-refractivity contribution in [1.82, 2.24) is 0 Å². The Kier molecular flexibility index (Phi) is 5.61. The van der Waals surface area contributed by atoms with Gasteiger partial charge < -0.3 is 20.3 Å². The van der Waals surface area contributed by atoms with Gasteiger partial charge in [-0.15, -0.1) is 10.2 Å². The van der Waals surface area contributed by atoms with Crippen molar-refractivity contribution in [1.29, 1.82) is 0 Å². The lowest BCUT2D eigenvalue weighted by atomic mass is 10.2. The van der Waals surface area contributed by atoms with Crippen LogP contribution in [0.3, 0.4) is 0 Å². The lowest BCUT2D eigenvalue weighted by Gasteiger charge is -1.91. The normalized spacial score (nSPS) is 10.9. The Morgan fingerprint density at radius 2 is 1.35 bits per heavy atom. The summed E-state index contributed by atoms with van der Waals surface area (Å²) in [4.78, 5) is 19.8. The molecule has 0 aliphatic rings. The maximum Gasteiger partial charge on any atom is 0.433 e. The van der Waals surface area contributed by atoms with Gasteiger partial charge in [0.25, 0.3) is 0 Å². The van der Waals surface area contributed by atoms with E-state index in [0.717, 1.165) is 0 Å². The highest BCUT2D eigenvalue weighted by molar-refractivity contribution is 6.08. The SMILES string of the molecule is NC(N)=NN=C(/C=C/c1ccc([N+](=O)[O-])o1)/C=C/c1ccc([N+](=O)[O-])o1. The van der Waals surface area contributed by atoms with Crippen LogP contribution in [0.2, 0.25) is 0 Å². The third-order valence-electron chi connectivity index (χ3n) is 2.70. The molecule has 0 aromatic carbocycles. The van der Waals surface area contributed by atoms with Crippen LogP contribution in [0.25, 0.3) is 12.2 Å². The minimum absolute atomic E-state index is 0.205. The third-order valence-corrected chi connectivity index (χ3v) is 2.70. The number of hydrogen-bond acceptors (Lipinski definition) is 8. The van der Waals surface area contributed by atoms with Gasteiger partial charge in [-0.1, -0.05) is 0 Å². The lowest BCUT2D eigenvalue weighted by Crippen LogP contribution is -2.22. The van der Waals surface area contributed by atoms with Gasteiger partial charge in [0.15, 0.2) is 0 Å². The van der Waals surface area contributed by atoms with Crippen molar-refractivity contribution >= 4 is 35.6 Å². The average molecular weight is 360 g/mol. The number of nitrogens with zero attached hydrogens (tertiary/aromatic N) is 4. The highest BCUT2D eigenvalue weighted by Crippen LogP contribution is 2.18. The van der Waals surface area contributed by atoms with E-state index in [1.165, 1.54) is 48.6 Å². The van der Waals surface area contributed by atoms with E-state index in [4.69, 9.17) is 20.3 Å². The van der Waals surface area contributed by atoms with Gasteiger partial charge in [0.05, 0.1) is 17.8 Å². The molecule has 26 heavy (non-hydrogen) atoms. The standard InChI is InChI=1S/C14H12N6O6/c15-14(16)18-17-9(1-3-10-5-7-12(25-10)19(21)22)2-4-11-6-8-13(26-11)20(23)24/h1-8H,(H4,15,16,18)/b3-1+,4-2+. The van der Waals surface area contributed by atoms with Gasteiger partial charge in [-0.3, -0.25) is 20.2 Å². The fraction of sp³-hybridized carbons (Fsp3) is 0. The van der Waals surface area contributed by atoms with Gasteiger partial charge >= 0.3 is 11.8 Å². The van der Waals surface area contributed by atoms with Gasteiger partial charge in [-0.05, 0) is 36.4 Å². The first-order valence-corrected chi connectivity index (χ1v) is 6.86. The summed E-state index contributed by atoms with van der Waals surface area (Å²) in [6.07, 6.45) is 5.65. The minimum atomic E-state index is -0.671. The largest absolute Gasteiger partial charge is 0.433 e. The van der Waals surface area contributed by atoms with Crippen LogP contribution in [-0.4, -0.2) is 21.5 Å². The number of nitrogens with two attached hydrogens (primary N) is 2. The molecule has 0 unspecified atom stereocenters. The zero-order chi connectivity index (χ0) is 19.1. The van der Waals surface area contributed by atoms with E-state index >= 15 is 0 Å². The first kappa shape index (κ1) is 18.1. The second kappa shape index (κ2) is 8.05. The van der Waals surface area contributed by atoms with Gasteiger partial charge in [0, 0.05) is 0 Å². The summed E-state index contributed by atoms with van der Waals surface area (Å²) in [7, 11) is 0. The first-order chi connectivity index (χ1) is 12.3. The van der Waals surface area contributed by atoms with Crippen molar-refractivity contribution in [2.24, 2.45) is 21.7 Å². The highest BCUT2D eigenvalue weighted by atomic mass is 16.7. The number of rotatable bonds is 7. The number of nitro groups is 2. The van der Waals surface area contributed by atoms with Gasteiger partial charge in [0.1, 0.15) is 21.4 Å². The summed E-state index contributed by atoms with van der Waals surface area (Å²) in [6.45, 7) is 0. The highest BCUT2D eigenvalue weighted by Gasteiger charge is 2.11. The topological polar surface area (TPSA) is 189 Å². The number of hydrogen-bond donors (Lipinski definition) is 2. The Labute approximate surface area is 145 Å². The summed E-state index contributed by atoms with van der Waals surface area (Å²) in [6, 6.07) is 5.19. The smallest absolute Gasteiger partial charge is 0.401 e. The molecule has 2 rings (SSSR count). The molecule has 2 aromatic rings. The van der Waals surface area contributed by atoms with E-state index in [1.807, 2.05) is 0 Å². The first-order valence-electron chi connectivity index (χ1n) is 6.86. The molecule has 0 saturated heterocycles. The molecular weight excluding hydrogens is 348 g/mol. The van der Waals surface area contributed by atoms with Crippen molar-refractivity contribution in [2.75, 3.05) is 0 Å². The van der Waals surface area contributed by atoms with E-state index in [1.54, 1.807) is 0 Å². The maximum atomic E-state index is 10.6. The summed E-state index contributed by atoms with van der Waals surface area (Å²) in [5, 5.41) is 28.4. The quantitative estimate of drug-likeness (QED) is 0.324. The molecular formula is C14H12N6O6. The molecule has 12 nitrogen and oxygen atoms in total. The Morgan fingerprint density at radius 1 is 0.885 bits per heavy atom. The average Bonchev–Trinajstić information content (AvgIpc) is 3.23. The summed E-state index contributed by atoms with van der Waals surface area (Å²) < 4.78 is 9.94. The monoisotopic (exact) mass is 360 g/mol. The molecule has 0 radical (unpaired) electrons. The maximum absolute atomic E-state index is 10.6. The molecule has 2 aromatic heterocycles. The van der Waals surface area contributed by atoms with Crippen molar-refractivity contribution in [3.63, 3.8) is 0 Å². The predicted octanol–water partition coefficient (Wildman–Crippen LogP) is 2.04. The zero-order valence-corrected chi connectivity index (χ0v) is 13.0. The zero-order valence-electron chi connectivity index (χ0n) is 13.0. The molecule has 0 aliphatic heterocycles. The predicted molar refractivity (Wildman–Crippen MR) is 92.0 cm³/mol. The fourth-order valence-corrected chi connectivity index (χ4v) is 1.63. The summed E-state index contributed by atoms with van der Waals surface area (Å²) in [5.74, 6) is -0.699. The van der Waals surface area contributed by atoms with E-state index in [2.05, 4.69) is 10.2 Å². The van der Waals surface area contributed by atoms with Gasteiger partial charge in [-0.2, -0.15) is 0 Å². The van der Waals surface area contributed by atoms with Crippen LogP contribution >= 0.6 is 0 Å². The molecule has 2 heterocycles. The molecule has 0 saturated carbocycles. The van der Waals surface area contributed by atoms with Crippen LogP contribution in [0.5, 0.6) is 0 Å². The van der Waals surface area contributed by atoms with Crippen molar-refractivity contribution in [3.05, 3.63) is 68.2 Å². The summed E-state index contributed by atoms with van der Waals surface area (Å²) in [5.41, 5.74) is 10.6. The van der Waals surface area contributed by atoms with Crippen LogP contribution in [0, 0.1) is 20.2 Å².